The van der Waals surface area contributed by atoms with E-state index in [9.17, 15) is 0 Å². The molecule has 0 radical (unpaired) electrons. The van der Waals surface area contributed by atoms with Gasteiger partial charge in [0.1, 0.15) is 0 Å². The van der Waals surface area contributed by atoms with E-state index in [-0.39, 0.29) is 5.95 Å². The number of nitrogens with zero attached hydrogens (tertiary/aromatic N) is 6. The van der Waals surface area contributed by atoms with Gasteiger partial charge in [0.25, 0.3) is 0 Å². The molecule has 0 saturated heterocycles. The van der Waals surface area contributed by atoms with Gasteiger partial charge < -0.3 is 20.5 Å². The van der Waals surface area contributed by atoms with Crippen LogP contribution in [0.3, 0.4) is 0 Å². The highest BCUT2D eigenvalue weighted by molar-refractivity contribution is 5.40. The van der Waals surface area contributed by atoms with Gasteiger partial charge >= 0.3 is 0 Å². The maximum Gasteiger partial charge on any atom is 0.231 e. The van der Waals surface area contributed by atoms with E-state index in [2.05, 4.69) is 30.4 Å². The summed E-state index contributed by atoms with van der Waals surface area (Å²) in [5.41, 5.74) is 5.61. The minimum atomic E-state index is 0.176. The number of aryl methyl sites for hydroxylation is 1. The molecule has 0 aliphatic carbocycles. The summed E-state index contributed by atoms with van der Waals surface area (Å²) in [6.07, 6.45) is 0.587. The second kappa shape index (κ2) is 5.46. The van der Waals surface area contributed by atoms with Crippen LogP contribution in [0.25, 0.3) is 0 Å². The molecule has 102 valence electrons. The molecule has 0 aromatic carbocycles. The van der Waals surface area contributed by atoms with Crippen molar-refractivity contribution in [2.45, 2.75) is 13.3 Å². The zero-order valence-corrected chi connectivity index (χ0v) is 11.1. The standard InChI is InChI=1S/C10H16N8O/c1-6-13-7(19-17-6)4-5-12-9-14-8(11)15-10(16-9)18(2)3/h4-5H2,1-3H3,(H3,11,12,14,15,16). The van der Waals surface area contributed by atoms with E-state index in [0.717, 1.165) is 0 Å². The molecule has 9 heteroatoms. The lowest BCUT2D eigenvalue weighted by molar-refractivity contribution is 0.377. The summed E-state index contributed by atoms with van der Waals surface area (Å²) >= 11 is 0. The highest BCUT2D eigenvalue weighted by atomic mass is 16.5. The van der Waals surface area contributed by atoms with Crippen molar-refractivity contribution in [2.24, 2.45) is 0 Å². The van der Waals surface area contributed by atoms with Gasteiger partial charge in [-0.25, -0.2) is 0 Å². The summed E-state index contributed by atoms with van der Waals surface area (Å²) < 4.78 is 5.00. The molecule has 0 unspecified atom stereocenters. The topological polar surface area (TPSA) is 119 Å². The third-order valence-corrected chi connectivity index (χ3v) is 2.23. The normalized spacial score (nSPS) is 10.5. The number of nitrogen functional groups attached to an aromatic ring is 1. The van der Waals surface area contributed by atoms with Crippen molar-refractivity contribution in [3.05, 3.63) is 11.7 Å². The Morgan fingerprint density at radius 3 is 2.63 bits per heavy atom. The van der Waals surface area contributed by atoms with Crippen LogP contribution in [0.15, 0.2) is 4.52 Å². The Bertz CT molecular complexity index is 552. The van der Waals surface area contributed by atoms with Crippen LogP contribution in [-0.4, -0.2) is 45.7 Å². The molecule has 0 fully saturated rings. The fourth-order valence-corrected chi connectivity index (χ4v) is 1.38. The van der Waals surface area contributed by atoms with E-state index in [1.165, 1.54) is 0 Å². The quantitative estimate of drug-likeness (QED) is 0.760. The van der Waals surface area contributed by atoms with Gasteiger partial charge in [-0.2, -0.15) is 19.9 Å². The van der Waals surface area contributed by atoms with Crippen LogP contribution >= 0.6 is 0 Å². The predicted octanol–water partition coefficient (Wildman–Crippen LogP) is -0.134. The minimum absolute atomic E-state index is 0.176. The van der Waals surface area contributed by atoms with Gasteiger partial charge in [0, 0.05) is 27.1 Å². The first-order valence-electron chi connectivity index (χ1n) is 5.76. The van der Waals surface area contributed by atoms with Gasteiger partial charge in [-0.3, -0.25) is 0 Å². The Hall–Kier alpha value is -2.45. The Balaban J connectivity index is 1.95. The Morgan fingerprint density at radius 1 is 1.21 bits per heavy atom. The van der Waals surface area contributed by atoms with Crippen molar-refractivity contribution in [1.82, 2.24) is 25.1 Å². The van der Waals surface area contributed by atoms with E-state index >= 15 is 0 Å². The molecule has 19 heavy (non-hydrogen) atoms. The molecule has 9 nitrogen and oxygen atoms in total. The molecule has 2 aromatic rings. The lowest BCUT2D eigenvalue weighted by atomic mass is 10.4. The van der Waals surface area contributed by atoms with E-state index in [0.29, 0.717) is 36.6 Å². The number of rotatable bonds is 5. The smallest absolute Gasteiger partial charge is 0.231 e. The third-order valence-electron chi connectivity index (χ3n) is 2.23. The van der Waals surface area contributed by atoms with Crippen LogP contribution in [0.5, 0.6) is 0 Å². The summed E-state index contributed by atoms with van der Waals surface area (Å²) in [5.74, 6) is 2.29. The molecule has 2 aromatic heterocycles. The number of anilines is 3. The van der Waals surface area contributed by atoms with E-state index in [1.807, 2.05) is 14.1 Å². The van der Waals surface area contributed by atoms with Gasteiger partial charge in [-0.15, -0.1) is 0 Å². The molecule has 0 saturated carbocycles. The van der Waals surface area contributed by atoms with Crippen LogP contribution < -0.4 is 16.0 Å². The first kappa shape index (κ1) is 13.0. The van der Waals surface area contributed by atoms with Crippen molar-refractivity contribution in [3.8, 4) is 0 Å². The number of hydrogen-bond acceptors (Lipinski definition) is 9. The van der Waals surface area contributed by atoms with E-state index in [4.69, 9.17) is 10.3 Å². The first-order chi connectivity index (χ1) is 9.04. The minimum Gasteiger partial charge on any atom is -0.368 e. The van der Waals surface area contributed by atoms with Crippen LogP contribution in [0.1, 0.15) is 11.7 Å². The number of aromatic nitrogens is 5. The van der Waals surface area contributed by atoms with Crippen molar-refractivity contribution in [1.29, 1.82) is 0 Å². The molecule has 0 atom stereocenters. The highest BCUT2D eigenvalue weighted by Crippen LogP contribution is 2.09. The molecule has 2 rings (SSSR count). The lowest BCUT2D eigenvalue weighted by Gasteiger charge is -2.11. The van der Waals surface area contributed by atoms with Gasteiger partial charge in [0.2, 0.25) is 23.7 Å². The number of nitrogens with two attached hydrogens (primary N) is 1. The lowest BCUT2D eigenvalue weighted by Crippen LogP contribution is -2.17. The molecule has 0 spiro atoms. The number of nitrogens with one attached hydrogen (secondary N) is 1. The van der Waals surface area contributed by atoms with Crippen molar-refractivity contribution >= 4 is 17.8 Å². The molecular formula is C10H16N8O. The Morgan fingerprint density at radius 2 is 2.00 bits per heavy atom. The molecule has 3 N–H and O–H groups in total. The summed E-state index contributed by atoms with van der Waals surface area (Å²) in [6.45, 7) is 2.34. The monoisotopic (exact) mass is 264 g/mol. The molecule has 0 aliphatic rings. The van der Waals surface area contributed by atoms with Crippen LogP contribution in [0.2, 0.25) is 0 Å². The Labute approximate surface area is 110 Å². The van der Waals surface area contributed by atoms with Gasteiger partial charge in [-0.1, -0.05) is 5.16 Å². The average Bonchev–Trinajstić information content (AvgIpc) is 2.74. The van der Waals surface area contributed by atoms with Gasteiger partial charge in [-0.05, 0) is 6.92 Å². The zero-order valence-electron chi connectivity index (χ0n) is 11.1. The van der Waals surface area contributed by atoms with Crippen LogP contribution in [0.4, 0.5) is 17.8 Å². The van der Waals surface area contributed by atoms with Crippen molar-refractivity contribution in [3.63, 3.8) is 0 Å². The summed E-state index contributed by atoms with van der Waals surface area (Å²) in [7, 11) is 3.67. The molecule has 0 bridgehead atoms. The van der Waals surface area contributed by atoms with Gasteiger partial charge in [0.05, 0.1) is 0 Å². The van der Waals surface area contributed by atoms with Crippen LogP contribution in [-0.2, 0) is 6.42 Å². The summed E-state index contributed by atoms with van der Waals surface area (Å²) in [4.78, 5) is 18.1. The summed E-state index contributed by atoms with van der Waals surface area (Å²) in [6, 6.07) is 0. The van der Waals surface area contributed by atoms with Gasteiger partial charge in [0.15, 0.2) is 5.82 Å². The predicted molar refractivity (Wildman–Crippen MR) is 69.8 cm³/mol. The third kappa shape index (κ3) is 3.50. The van der Waals surface area contributed by atoms with Crippen LogP contribution in [0, 0.1) is 6.92 Å². The maximum absolute atomic E-state index is 5.61. The molecule has 0 aliphatic heterocycles. The molecule has 0 amide bonds. The molecular weight excluding hydrogens is 248 g/mol. The molecule has 2 heterocycles. The second-order valence-electron chi connectivity index (χ2n) is 4.12. The second-order valence-corrected chi connectivity index (χ2v) is 4.12. The SMILES string of the molecule is Cc1noc(CCNc2nc(N)nc(N(C)C)n2)n1. The van der Waals surface area contributed by atoms with Crippen molar-refractivity contribution < 1.29 is 4.52 Å². The summed E-state index contributed by atoms with van der Waals surface area (Å²) in [5, 5.41) is 6.75. The van der Waals surface area contributed by atoms with Crippen molar-refractivity contribution in [2.75, 3.05) is 36.6 Å². The fraction of sp³-hybridized carbons (Fsp3) is 0.500. The average molecular weight is 264 g/mol. The zero-order chi connectivity index (χ0) is 13.8. The maximum atomic E-state index is 5.61. The largest absolute Gasteiger partial charge is 0.368 e. The fourth-order valence-electron chi connectivity index (χ4n) is 1.38. The number of hydrogen-bond donors (Lipinski definition) is 2. The highest BCUT2D eigenvalue weighted by Gasteiger charge is 2.07. The Kier molecular flexibility index (Phi) is 3.74. The van der Waals surface area contributed by atoms with E-state index in [1.54, 1.807) is 11.8 Å². The first-order valence-corrected chi connectivity index (χ1v) is 5.76. The van der Waals surface area contributed by atoms with E-state index < -0.39 is 0 Å².